The predicted molar refractivity (Wildman–Crippen MR) is 108 cm³/mol. The number of methoxy groups -OCH3 is 1. The van der Waals surface area contributed by atoms with E-state index in [0.29, 0.717) is 19.0 Å². The normalized spacial score (nSPS) is 14.7. The van der Waals surface area contributed by atoms with Crippen LogP contribution in [-0.4, -0.2) is 24.5 Å². The van der Waals surface area contributed by atoms with Gasteiger partial charge in [-0.05, 0) is 60.7 Å². The largest absolute Gasteiger partial charge is 0.497 e. The van der Waals surface area contributed by atoms with Gasteiger partial charge in [0.2, 0.25) is 5.91 Å². The molecule has 29 heavy (non-hydrogen) atoms. The van der Waals surface area contributed by atoms with Crippen molar-refractivity contribution in [2.24, 2.45) is 5.92 Å². The van der Waals surface area contributed by atoms with Gasteiger partial charge in [-0.15, -0.1) is 0 Å². The maximum atomic E-state index is 12.9. The van der Waals surface area contributed by atoms with Gasteiger partial charge in [-0.3, -0.25) is 9.69 Å². The molecule has 0 bridgehead atoms. The summed E-state index contributed by atoms with van der Waals surface area (Å²) in [6.45, 7) is 1.34. The van der Waals surface area contributed by atoms with E-state index in [2.05, 4.69) is 5.32 Å². The molecule has 1 fully saturated rings. The molecule has 1 aliphatic carbocycles. The molecule has 0 saturated heterocycles. The molecule has 6 nitrogen and oxygen atoms in total. The Morgan fingerprint density at radius 3 is 2.17 bits per heavy atom. The Morgan fingerprint density at radius 1 is 1.07 bits per heavy atom. The third-order valence-electron chi connectivity index (χ3n) is 5.17. The molecule has 1 aliphatic rings. The molecule has 3 aromatic rings. The van der Waals surface area contributed by atoms with Gasteiger partial charge >= 0.3 is 0 Å². The van der Waals surface area contributed by atoms with Crippen LogP contribution in [0.1, 0.15) is 36.0 Å². The Morgan fingerprint density at radius 2 is 1.69 bits per heavy atom. The molecular weight excluding hydrogens is 368 g/mol. The van der Waals surface area contributed by atoms with E-state index in [1.54, 1.807) is 19.6 Å². The van der Waals surface area contributed by atoms with E-state index in [0.717, 1.165) is 35.7 Å². The number of benzene rings is 1. The standard InChI is InChI=1S/C23H26N2O4/c1-27-19-10-8-18(9-11-19)23(17-6-7-17)24-22(26)16-25(14-20-4-2-12-28-20)15-21-5-3-13-29-21/h2-5,8-13,17,23H,6-7,14-16H2,1H3,(H,24,26). The first kappa shape index (κ1) is 19.3. The first-order chi connectivity index (χ1) is 14.2. The van der Waals surface area contributed by atoms with Gasteiger partial charge in [-0.2, -0.15) is 0 Å². The molecule has 1 amide bonds. The van der Waals surface area contributed by atoms with E-state index in [4.69, 9.17) is 13.6 Å². The Kier molecular flexibility index (Phi) is 6.00. The molecule has 2 heterocycles. The van der Waals surface area contributed by atoms with Crippen molar-refractivity contribution in [1.82, 2.24) is 10.2 Å². The van der Waals surface area contributed by atoms with Gasteiger partial charge in [0.25, 0.3) is 0 Å². The fourth-order valence-corrected chi connectivity index (χ4v) is 3.55. The molecule has 1 N–H and O–H groups in total. The van der Waals surface area contributed by atoms with Crippen LogP contribution in [0, 0.1) is 5.92 Å². The molecule has 2 aromatic heterocycles. The van der Waals surface area contributed by atoms with Crippen molar-refractivity contribution in [2.45, 2.75) is 32.0 Å². The molecule has 1 atom stereocenters. The molecule has 0 radical (unpaired) electrons. The average Bonchev–Trinajstić information content (AvgIpc) is 3.19. The zero-order valence-electron chi connectivity index (χ0n) is 16.5. The maximum Gasteiger partial charge on any atom is 0.234 e. The highest BCUT2D eigenvalue weighted by Crippen LogP contribution is 2.41. The summed E-state index contributed by atoms with van der Waals surface area (Å²) in [7, 11) is 1.65. The van der Waals surface area contributed by atoms with Crippen molar-refractivity contribution >= 4 is 5.91 Å². The minimum atomic E-state index is -0.00386. The molecule has 0 spiro atoms. The molecular formula is C23H26N2O4. The molecule has 0 aliphatic heterocycles. The number of furan rings is 2. The van der Waals surface area contributed by atoms with Crippen molar-refractivity contribution in [1.29, 1.82) is 0 Å². The number of nitrogens with zero attached hydrogens (tertiary/aromatic N) is 1. The first-order valence-corrected chi connectivity index (χ1v) is 9.91. The van der Waals surface area contributed by atoms with Gasteiger partial charge in [0, 0.05) is 0 Å². The van der Waals surface area contributed by atoms with E-state index in [1.807, 2.05) is 53.4 Å². The summed E-state index contributed by atoms with van der Waals surface area (Å²) in [5, 5.41) is 3.24. The highest BCUT2D eigenvalue weighted by Gasteiger charge is 2.33. The van der Waals surface area contributed by atoms with Crippen LogP contribution in [0.5, 0.6) is 5.75 Å². The number of rotatable bonds is 10. The Balaban J connectivity index is 1.42. The number of carbonyl (C=O) groups excluding carboxylic acids is 1. The lowest BCUT2D eigenvalue weighted by Gasteiger charge is -2.23. The average molecular weight is 394 g/mol. The quantitative estimate of drug-likeness (QED) is 0.559. The highest BCUT2D eigenvalue weighted by molar-refractivity contribution is 5.78. The molecule has 1 saturated carbocycles. The third kappa shape index (κ3) is 5.29. The fraction of sp³-hybridized carbons (Fsp3) is 0.348. The van der Waals surface area contributed by atoms with E-state index >= 15 is 0 Å². The van der Waals surface area contributed by atoms with Gasteiger partial charge in [0.1, 0.15) is 17.3 Å². The maximum absolute atomic E-state index is 12.9. The molecule has 4 rings (SSSR count). The van der Waals surface area contributed by atoms with Crippen molar-refractivity contribution in [3.63, 3.8) is 0 Å². The van der Waals surface area contributed by atoms with Gasteiger partial charge in [-0.1, -0.05) is 12.1 Å². The summed E-state index contributed by atoms with van der Waals surface area (Å²) in [5.74, 6) is 2.95. The minimum absolute atomic E-state index is 0.00386. The smallest absolute Gasteiger partial charge is 0.234 e. The Hall–Kier alpha value is -2.99. The Bertz CT molecular complexity index is 847. The zero-order chi connectivity index (χ0) is 20.1. The second-order valence-electron chi connectivity index (χ2n) is 7.46. The fourth-order valence-electron chi connectivity index (χ4n) is 3.55. The van der Waals surface area contributed by atoms with E-state index < -0.39 is 0 Å². The monoisotopic (exact) mass is 394 g/mol. The summed E-state index contributed by atoms with van der Waals surface area (Å²) < 4.78 is 16.2. The minimum Gasteiger partial charge on any atom is -0.497 e. The SMILES string of the molecule is COc1ccc(C(NC(=O)CN(Cc2ccco2)Cc2ccco2)C2CC2)cc1. The summed E-state index contributed by atoms with van der Waals surface area (Å²) >= 11 is 0. The number of amides is 1. The Labute approximate surface area is 170 Å². The lowest BCUT2D eigenvalue weighted by molar-refractivity contribution is -0.123. The van der Waals surface area contributed by atoms with Crippen LogP contribution in [0.3, 0.4) is 0 Å². The first-order valence-electron chi connectivity index (χ1n) is 9.91. The summed E-state index contributed by atoms with van der Waals surface area (Å²) in [4.78, 5) is 14.9. The molecule has 1 aromatic carbocycles. The van der Waals surface area contributed by atoms with Crippen LogP contribution in [0.4, 0.5) is 0 Å². The van der Waals surface area contributed by atoms with Gasteiger partial charge in [0.15, 0.2) is 0 Å². The van der Waals surface area contributed by atoms with Crippen LogP contribution in [0.2, 0.25) is 0 Å². The second kappa shape index (κ2) is 9.01. The van der Waals surface area contributed by atoms with Gasteiger partial charge in [-0.25, -0.2) is 0 Å². The van der Waals surface area contributed by atoms with E-state index in [-0.39, 0.29) is 18.5 Å². The van der Waals surface area contributed by atoms with Gasteiger partial charge < -0.3 is 18.9 Å². The second-order valence-corrected chi connectivity index (χ2v) is 7.46. The molecule has 1 unspecified atom stereocenters. The van der Waals surface area contributed by atoms with Crippen LogP contribution < -0.4 is 10.1 Å². The summed E-state index contributed by atoms with van der Waals surface area (Å²) in [5.41, 5.74) is 1.12. The van der Waals surface area contributed by atoms with Crippen LogP contribution in [-0.2, 0) is 17.9 Å². The van der Waals surface area contributed by atoms with Crippen LogP contribution >= 0.6 is 0 Å². The number of nitrogens with one attached hydrogen (secondary N) is 1. The number of hydrogen-bond donors (Lipinski definition) is 1. The van der Waals surface area contributed by atoms with Crippen molar-refractivity contribution < 1.29 is 18.4 Å². The van der Waals surface area contributed by atoms with E-state index in [1.165, 1.54) is 0 Å². The highest BCUT2D eigenvalue weighted by atomic mass is 16.5. The zero-order valence-corrected chi connectivity index (χ0v) is 16.5. The topological polar surface area (TPSA) is 67.8 Å². The van der Waals surface area contributed by atoms with E-state index in [9.17, 15) is 4.79 Å². The van der Waals surface area contributed by atoms with Crippen molar-refractivity contribution in [2.75, 3.05) is 13.7 Å². The summed E-state index contributed by atoms with van der Waals surface area (Å²) in [6.07, 6.45) is 5.57. The van der Waals surface area contributed by atoms with Crippen LogP contribution in [0.15, 0.2) is 69.9 Å². The van der Waals surface area contributed by atoms with Crippen LogP contribution in [0.25, 0.3) is 0 Å². The number of ether oxygens (including phenoxy) is 1. The third-order valence-corrected chi connectivity index (χ3v) is 5.17. The number of hydrogen-bond acceptors (Lipinski definition) is 5. The lowest BCUT2D eigenvalue weighted by atomic mass is 10.0. The molecule has 152 valence electrons. The lowest BCUT2D eigenvalue weighted by Crippen LogP contribution is -2.39. The van der Waals surface area contributed by atoms with Gasteiger partial charge in [0.05, 0.1) is 45.3 Å². The summed E-state index contributed by atoms with van der Waals surface area (Å²) in [6, 6.07) is 15.5. The number of carbonyl (C=O) groups is 1. The van der Waals surface area contributed by atoms with Crippen molar-refractivity contribution in [3.05, 3.63) is 78.1 Å². The predicted octanol–water partition coefficient (Wildman–Crippen LogP) is 4.15. The van der Waals surface area contributed by atoms with Crippen molar-refractivity contribution in [3.8, 4) is 5.75 Å². The molecule has 6 heteroatoms.